The van der Waals surface area contributed by atoms with Gasteiger partial charge in [-0.05, 0) is 42.0 Å². The summed E-state index contributed by atoms with van der Waals surface area (Å²) in [6.07, 6.45) is 1.47. The maximum absolute atomic E-state index is 13.0. The molecule has 0 fully saturated rings. The van der Waals surface area contributed by atoms with Crippen molar-refractivity contribution in [1.82, 2.24) is 4.98 Å². The van der Waals surface area contributed by atoms with E-state index >= 15 is 0 Å². The van der Waals surface area contributed by atoms with Gasteiger partial charge in [-0.25, -0.2) is 9.18 Å². The van der Waals surface area contributed by atoms with Crippen LogP contribution in [-0.4, -0.2) is 29.6 Å². The number of nitrogens with zero attached hydrogens (tertiary/aromatic N) is 1. The summed E-state index contributed by atoms with van der Waals surface area (Å²) < 4.78 is 23.1. The molecule has 0 amide bonds. The van der Waals surface area contributed by atoms with E-state index in [9.17, 15) is 18.8 Å². The maximum Gasteiger partial charge on any atom is 0.337 e. The third kappa shape index (κ3) is 4.56. The number of methoxy groups -OCH3 is 1. The highest BCUT2D eigenvalue weighted by molar-refractivity contribution is 6.43. The summed E-state index contributed by atoms with van der Waals surface area (Å²) in [5.74, 6) is -1.55. The van der Waals surface area contributed by atoms with E-state index in [2.05, 4.69) is 9.72 Å². The van der Waals surface area contributed by atoms with E-state index in [1.165, 1.54) is 37.6 Å². The number of hydrogen-bond acceptors (Lipinski definition) is 6. The number of esters is 1. The molecule has 0 radical (unpaired) electrons. The highest BCUT2D eigenvalue weighted by Crippen LogP contribution is 2.15. The standard InChI is InChI=1S/C21H16FNO5/c1-27-21(26)14-8-9-23-18(11-14)20(25)19(24)12-17-7-6-16(28-17)10-13-2-4-15(22)5-3-13/h2-9,11H,10,12H2,1H3. The number of ether oxygens (including phenoxy) is 1. The van der Waals surface area contributed by atoms with Gasteiger partial charge in [-0.2, -0.15) is 0 Å². The lowest BCUT2D eigenvalue weighted by atomic mass is 10.1. The third-order valence-electron chi connectivity index (χ3n) is 4.01. The molecule has 7 heteroatoms. The minimum absolute atomic E-state index is 0.133. The first kappa shape index (κ1) is 19.2. The number of ketones is 2. The van der Waals surface area contributed by atoms with Crippen molar-refractivity contribution in [2.75, 3.05) is 7.11 Å². The number of rotatable bonds is 7. The van der Waals surface area contributed by atoms with Crippen LogP contribution in [-0.2, 0) is 22.4 Å². The lowest BCUT2D eigenvalue weighted by Gasteiger charge is -2.02. The summed E-state index contributed by atoms with van der Waals surface area (Å²) in [7, 11) is 1.22. The first-order chi connectivity index (χ1) is 13.5. The fraction of sp³-hybridized carbons (Fsp3) is 0.143. The van der Waals surface area contributed by atoms with Crippen LogP contribution in [0.15, 0.2) is 59.1 Å². The van der Waals surface area contributed by atoms with Crippen LogP contribution >= 0.6 is 0 Å². The Balaban J connectivity index is 1.66. The minimum Gasteiger partial charge on any atom is -0.465 e. The predicted molar refractivity (Wildman–Crippen MR) is 96.5 cm³/mol. The normalized spacial score (nSPS) is 10.5. The van der Waals surface area contributed by atoms with Gasteiger partial charge in [0.25, 0.3) is 0 Å². The molecule has 2 aromatic heterocycles. The van der Waals surface area contributed by atoms with E-state index in [0.717, 1.165) is 5.56 Å². The van der Waals surface area contributed by atoms with Crippen LogP contribution in [0.2, 0.25) is 0 Å². The molecule has 3 aromatic rings. The van der Waals surface area contributed by atoms with Crippen molar-refractivity contribution in [3.05, 3.63) is 88.9 Å². The topological polar surface area (TPSA) is 86.5 Å². The van der Waals surface area contributed by atoms with Crippen LogP contribution in [0.1, 0.15) is 37.9 Å². The van der Waals surface area contributed by atoms with Gasteiger partial charge in [-0.3, -0.25) is 14.6 Å². The van der Waals surface area contributed by atoms with Crippen LogP contribution in [0.25, 0.3) is 0 Å². The molecule has 0 aliphatic rings. The Hall–Kier alpha value is -3.61. The monoisotopic (exact) mass is 381 g/mol. The molecular weight excluding hydrogens is 365 g/mol. The minimum atomic E-state index is -0.817. The summed E-state index contributed by atoms with van der Waals surface area (Å²) in [4.78, 5) is 39.9. The van der Waals surface area contributed by atoms with Crippen LogP contribution in [0.5, 0.6) is 0 Å². The Morgan fingerprint density at radius 2 is 1.75 bits per heavy atom. The number of pyridine rings is 1. The lowest BCUT2D eigenvalue weighted by molar-refractivity contribution is -0.114. The molecule has 2 heterocycles. The van der Waals surface area contributed by atoms with Crippen LogP contribution in [0, 0.1) is 5.82 Å². The summed E-state index contributed by atoms with van der Waals surface area (Å²) in [6, 6.07) is 11.9. The number of hydrogen-bond donors (Lipinski definition) is 0. The van der Waals surface area contributed by atoms with Gasteiger partial charge in [-0.1, -0.05) is 12.1 Å². The van der Waals surface area contributed by atoms with Crippen molar-refractivity contribution in [3.8, 4) is 0 Å². The second-order valence-corrected chi connectivity index (χ2v) is 6.02. The van der Waals surface area contributed by atoms with E-state index in [0.29, 0.717) is 17.9 Å². The average Bonchev–Trinajstić information content (AvgIpc) is 3.15. The fourth-order valence-corrected chi connectivity index (χ4v) is 2.60. The molecular formula is C21H16FNO5. The number of carbonyl (C=O) groups is 3. The van der Waals surface area contributed by atoms with Gasteiger partial charge in [-0.15, -0.1) is 0 Å². The van der Waals surface area contributed by atoms with Crippen molar-refractivity contribution in [1.29, 1.82) is 0 Å². The largest absolute Gasteiger partial charge is 0.465 e. The molecule has 0 spiro atoms. The Labute approximate surface area is 160 Å². The molecule has 0 N–H and O–H groups in total. The summed E-state index contributed by atoms with van der Waals surface area (Å²) >= 11 is 0. The van der Waals surface area contributed by atoms with E-state index in [1.807, 2.05) is 0 Å². The molecule has 0 saturated heterocycles. The maximum atomic E-state index is 13.0. The molecule has 0 aliphatic heterocycles. The molecule has 28 heavy (non-hydrogen) atoms. The lowest BCUT2D eigenvalue weighted by Crippen LogP contribution is -2.18. The van der Waals surface area contributed by atoms with Crippen LogP contribution in [0.3, 0.4) is 0 Å². The molecule has 0 aliphatic carbocycles. The molecule has 6 nitrogen and oxygen atoms in total. The van der Waals surface area contributed by atoms with Gasteiger partial charge in [0.15, 0.2) is 0 Å². The van der Waals surface area contributed by atoms with Gasteiger partial charge in [0.1, 0.15) is 23.0 Å². The SMILES string of the molecule is COC(=O)c1ccnc(C(=O)C(=O)Cc2ccc(Cc3ccc(F)cc3)o2)c1. The fourth-order valence-electron chi connectivity index (χ4n) is 2.60. The molecule has 3 rings (SSSR count). The summed E-state index contributed by atoms with van der Waals surface area (Å²) in [5.41, 5.74) is 0.854. The van der Waals surface area contributed by atoms with Crippen molar-refractivity contribution in [2.24, 2.45) is 0 Å². The van der Waals surface area contributed by atoms with Crippen molar-refractivity contribution >= 4 is 17.5 Å². The summed E-state index contributed by atoms with van der Waals surface area (Å²) in [5, 5.41) is 0. The Kier molecular flexibility index (Phi) is 5.74. The zero-order chi connectivity index (χ0) is 20.1. The third-order valence-corrected chi connectivity index (χ3v) is 4.01. The molecule has 0 saturated carbocycles. The van der Waals surface area contributed by atoms with Crippen LogP contribution < -0.4 is 0 Å². The first-order valence-corrected chi connectivity index (χ1v) is 8.40. The van der Waals surface area contributed by atoms with Crippen molar-refractivity contribution in [2.45, 2.75) is 12.8 Å². The van der Waals surface area contributed by atoms with Gasteiger partial charge in [0.2, 0.25) is 11.6 Å². The number of furan rings is 1. The summed E-state index contributed by atoms with van der Waals surface area (Å²) in [6.45, 7) is 0. The Morgan fingerprint density at radius 3 is 2.46 bits per heavy atom. The van der Waals surface area contributed by atoms with Crippen molar-refractivity contribution < 1.29 is 27.9 Å². The number of aromatic nitrogens is 1. The van der Waals surface area contributed by atoms with Gasteiger partial charge in [0.05, 0.1) is 19.1 Å². The Morgan fingerprint density at radius 1 is 1.04 bits per heavy atom. The zero-order valence-corrected chi connectivity index (χ0v) is 15.0. The quantitative estimate of drug-likeness (QED) is 0.355. The van der Waals surface area contributed by atoms with Gasteiger partial charge in [0, 0.05) is 12.6 Å². The van der Waals surface area contributed by atoms with E-state index in [-0.39, 0.29) is 23.5 Å². The number of carbonyl (C=O) groups excluding carboxylic acids is 3. The first-order valence-electron chi connectivity index (χ1n) is 8.40. The van der Waals surface area contributed by atoms with E-state index in [1.54, 1.807) is 24.3 Å². The highest BCUT2D eigenvalue weighted by atomic mass is 19.1. The molecule has 142 valence electrons. The molecule has 0 bridgehead atoms. The van der Waals surface area contributed by atoms with E-state index < -0.39 is 17.5 Å². The smallest absolute Gasteiger partial charge is 0.337 e. The average molecular weight is 381 g/mol. The highest BCUT2D eigenvalue weighted by Gasteiger charge is 2.21. The molecule has 0 atom stereocenters. The van der Waals surface area contributed by atoms with Gasteiger partial charge >= 0.3 is 5.97 Å². The predicted octanol–water partition coefficient (Wildman–Crippen LogP) is 3.19. The zero-order valence-electron chi connectivity index (χ0n) is 15.0. The number of benzene rings is 1. The second-order valence-electron chi connectivity index (χ2n) is 6.02. The molecule has 0 unspecified atom stereocenters. The number of Topliss-reactive ketones (excluding diaryl/α,β-unsaturated/α-hetero) is 2. The van der Waals surface area contributed by atoms with Crippen molar-refractivity contribution in [3.63, 3.8) is 0 Å². The van der Waals surface area contributed by atoms with Crippen LogP contribution in [0.4, 0.5) is 4.39 Å². The van der Waals surface area contributed by atoms with Gasteiger partial charge < -0.3 is 9.15 Å². The number of halogens is 1. The second kappa shape index (κ2) is 8.39. The Bertz CT molecular complexity index is 1020. The van der Waals surface area contributed by atoms with E-state index in [4.69, 9.17) is 4.42 Å². The molecule has 1 aromatic carbocycles.